The van der Waals surface area contributed by atoms with Gasteiger partial charge in [0.15, 0.2) is 0 Å². The standard InChI is InChI=1S/C22H21N3O3/c1-14(2)19(25-20(26)17-6-4-5-7-18(17)21(25)27)22(28)24(3)13-16-10-8-15(12-23)9-11-16/h4-11,14,19H,13H2,1-3H3. The fraction of sp³-hybridized carbons (Fsp3) is 0.273. The molecule has 142 valence electrons. The minimum Gasteiger partial charge on any atom is -0.340 e. The molecule has 28 heavy (non-hydrogen) atoms. The second-order valence-corrected chi connectivity index (χ2v) is 7.22. The van der Waals surface area contributed by atoms with E-state index in [2.05, 4.69) is 6.07 Å². The summed E-state index contributed by atoms with van der Waals surface area (Å²) >= 11 is 0. The average Bonchev–Trinajstić information content (AvgIpc) is 2.94. The summed E-state index contributed by atoms with van der Waals surface area (Å²) in [7, 11) is 1.65. The first-order valence-electron chi connectivity index (χ1n) is 9.06. The Morgan fingerprint density at radius 2 is 1.57 bits per heavy atom. The molecular formula is C22H21N3O3. The largest absolute Gasteiger partial charge is 0.340 e. The van der Waals surface area contributed by atoms with Crippen molar-refractivity contribution in [2.24, 2.45) is 5.92 Å². The zero-order chi connectivity index (χ0) is 20.4. The number of amides is 3. The normalized spacial score (nSPS) is 14.0. The molecule has 0 saturated carbocycles. The third kappa shape index (κ3) is 3.39. The molecule has 2 aromatic rings. The van der Waals surface area contributed by atoms with Crippen LogP contribution in [-0.4, -0.2) is 40.6 Å². The summed E-state index contributed by atoms with van der Waals surface area (Å²) in [6, 6.07) is 14.8. The molecule has 3 amide bonds. The van der Waals surface area contributed by atoms with Crippen LogP contribution in [0.2, 0.25) is 0 Å². The van der Waals surface area contributed by atoms with Crippen molar-refractivity contribution in [1.29, 1.82) is 5.26 Å². The SMILES string of the molecule is CC(C)C(C(=O)N(C)Cc1ccc(C#N)cc1)N1C(=O)c2ccccc2C1=O. The molecule has 0 radical (unpaired) electrons. The molecule has 6 nitrogen and oxygen atoms in total. The molecule has 1 atom stereocenters. The van der Waals surface area contributed by atoms with Gasteiger partial charge in [-0.05, 0) is 35.7 Å². The fourth-order valence-electron chi connectivity index (χ4n) is 3.42. The number of fused-ring (bicyclic) bond motifs is 1. The smallest absolute Gasteiger partial charge is 0.262 e. The molecule has 0 saturated heterocycles. The summed E-state index contributed by atoms with van der Waals surface area (Å²) in [5, 5.41) is 8.89. The maximum absolute atomic E-state index is 13.2. The topological polar surface area (TPSA) is 81.5 Å². The molecule has 3 rings (SSSR count). The Balaban J connectivity index is 1.84. The van der Waals surface area contributed by atoms with Crippen molar-refractivity contribution < 1.29 is 14.4 Å². The molecule has 1 unspecified atom stereocenters. The van der Waals surface area contributed by atoms with Gasteiger partial charge in [-0.3, -0.25) is 19.3 Å². The Bertz CT molecular complexity index is 938. The van der Waals surface area contributed by atoms with Gasteiger partial charge < -0.3 is 4.90 Å². The van der Waals surface area contributed by atoms with Crippen LogP contribution < -0.4 is 0 Å². The van der Waals surface area contributed by atoms with Crippen LogP contribution in [0, 0.1) is 17.2 Å². The summed E-state index contributed by atoms with van der Waals surface area (Å²) in [5.74, 6) is -1.40. The number of carbonyl (C=O) groups excluding carboxylic acids is 3. The number of imide groups is 1. The lowest BCUT2D eigenvalue weighted by Crippen LogP contribution is -2.52. The van der Waals surface area contributed by atoms with Crippen LogP contribution in [0.25, 0.3) is 0 Å². The second kappa shape index (κ2) is 7.65. The van der Waals surface area contributed by atoms with E-state index >= 15 is 0 Å². The van der Waals surface area contributed by atoms with Gasteiger partial charge in [0.05, 0.1) is 22.8 Å². The Hall–Kier alpha value is -3.46. The van der Waals surface area contributed by atoms with Gasteiger partial charge >= 0.3 is 0 Å². The molecule has 1 heterocycles. The van der Waals surface area contributed by atoms with Gasteiger partial charge in [-0.1, -0.05) is 38.1 Å². The van der Waals surface area contributed by atoms with Crippen molar-refractivity contribution >= 4 is 17.7 Å². The quantitative estimate of drug-likeness (QED) is 0.753. The maximum atomic E-state index is 13.2. The van der Waals surface area contributed by atoms with E-state index in [4.69, 9.17) is 5.26 Å². The van der Waals surface area contributed by atoms with E-state index in [0.29, 0.717) is 23.2 Å². The molecular weight excluding hydrogens is 354 g/mol. The predicted octanol–water partition coefficient (Wildman–Crippen LogP) is 2.84. The van der Waals surface area contributed by atoms with Crippen molar-refractivity contribution in [1.82, 2.24) is 9.80 Å². The van der Waals surface area contributed by atoms with Crippen LogP contribution in [0.1, 0.15) is 45.7 Å². The van der Waals surface area contributed by atoms with E-state index in [0.717, 1.165) is 10.5 Å². The van der Waals surface area contributed by atoms with Gasteiger partial charge in [0, 0.05) is 13.6 Å². The highest BCUT2D eigenvalue weighted by atomic mass is 16.2. The van der Waals surface area contributed by atoms with Gasteiger partial charge in [-0.15, -0.1) is 0 Å². The molecule has 0 bridgehead atoms. The summed E-state index contributed by atoms with van der Waals surface area (Å²) in [5.41, 5.74) is 2.07. The van der Waals surface area contributed by atoms with Gasteiger partial charge in [0.1, 0.15) is 6.04 Å². The molecule has 0 N–H and O–H groups in total. The van der Waals surface area contributed by atoms with Gasteiger partial charge in [-0.25, -0.2) is 0 Å². The van der Waals surface area contributed by atoms with E-state index in [1.807, 2.05) is 13.8 Å². The summed E-state index contributed by atoms with van der Waals surface area (Å²) in [4.78, 5) is 41.4. The highest BCUT2D eigenvalue weighted by Crippen LogP contribution is 2.28. The number of rotatable bonds is 5. The minimum absolute atomic E-state index is 0.238. The van der Waals surface area contributed by atoms with Crippen molar-refractivity contribution in [3.8, 4) is 6.07 Å². The lowest BCUT2D eigenvalue weighted by atomic mass is 10.0. The first kappa shape index (κ1) is 19.3. The van der Waals surface area contributed by atoms with Crippen molar-refractivity contribution in [3.05, 3.63) is 70.8 Å². The van der Waals surface area contributed by atoms with Crippen LogP contribution in [0.4, 0.5) is 0 Å². The Kier molecular flexibility index (Phi) is 5.27. The van der Waals surface area contributed by atoms with Crippen LogP contribution in [0.15, 0.2) is 48.5 Å². The highest BCUT2D eigenvalue weighted by Gasteiger charge is 2.44. The number of carbonyl (C=O) groups is 3. The number of likely N-dealkylation sites (N-methyl/N-ethyl adjacent to an activating group) is 1. The molecule has 2 aromatic carbocycles. The first-order valence-corrected chi connectivity index (χ1v) is 9.06. The second-order valence-electron chi connectivity index (χ2n) is 7.22. The molecule has 0 spiro atoms. The number of nitriles is 1. The van der Waals surface area contributed by atoms with Crippen molar-refractivity contribution in [3.63, 3.8) is 0 Å². The van der Waals surface area contributed by atoms with Crippen molar-refractivity contribution in [2.45, 2.75) is 26.4 Å². The van der Waals surface area contributed by atoms with E-state index in [-0.39, 0.29) is 11.8 Å². The number of hydrogen-bond acceptors (Lipinski definition) is 4. The molecule has 0 aromatic heterocycles. The monoisotopic (exact) mass is 375 g/mol. The van der Waals surface area contributed by atoms with Crippen LogP contribution in [0.3, 0.4) is 0 Å². The molecule has 1 aliphatic rings. The third-order valence-electron chi connectivity index (χ3n) is 4.87. The molecule has 1 aliphatic heterocycles. The number of nitrogens with zero attached hydrogens (tertiary/aromatic N) is 3. The summed E-state index contributed by atoms with van der Waals surface area (Å²) < 4.78 is 0. The van der Waals surface area contributed by atoms with E-state index in [9.17, 15) is 14.4 Å². The Labute approximate surface area is 164 Å². The molecule has 6 heteroatoms. The summed E-state index contributed by atoms with van der Waals surface area (Å²) in [6.07, 6.45) is 0. The summed E-state index contributed by atoms with van der Waals surface area (Å²) in [6.45, 7) is 3.96. The predicted molar refractivity (Wildman–Crippen MR) is 103 cm³/mol. The van der Waals surface area contributed by atoms with Crippen LogP contribution in [0.5, 0.6) is 0 Å². The van der Waals surface area contributed by atoms with Gasteiger partial charge in [0.2, 0.25) is 5.91 Å². The van der Waals surface area contributed by atoms with E-state index in [1.54, 1.807) is 55.6 Å². The van der Waals surface area contributed by atoms with Crippen LogP contribution >= 0.6 is 0 Å². The highest BCUT2D eigenvalue weighted by molar-refractivity contribution is 6.22. The van der Waals surface area contributed by atoms with Gasteiger partial charge in [0.25, 0.3) is 11.8 Å². The van der Waals surface area contributed by atoms with E-state index < -0.39 is 17.9 Å². The van der Waals surface area contributed by atoms with Crippen LogP contribution in [-0.2, 0) is 11.3 Å². The van der Waals surface area contributed by atoms with Crippen molar-refractivity contribution in [2.75, 3.05) is 7.05 Å². The number of benzene rings is 2. The van der Waals surface area contributed by atoms with E-state index in [1.165, 1.54) is 4.90 Å². The fourth-order valence-corrected chi connectivity index (χ4v) is 3.42. The zero-order valence-electron chi connectivity index (χ0n) is 16.0. The third-order valence-corrected chi connectivity index (χ3v) is 4.87. The van der Waals surface area contributed by atoms with Gasteiger partial charge in [-0.2, -0.15) is 5.26 Å². The molecule has 0 fully saturated rings. The Morgan fingerprint density at radius 3 is 2.04 bits per heavy atom. The lowest BCUT2D eigenvalue weighted by Gasteiger charge is -2.32. The Morgan fingerprint density at radius 1 is 1.04 bits per heavy atom. The molecule has 0 aliphatic carbocycles. The lowest BCUT2D eigenvalue weighted by molar-refractivity contribution is -0.136. The zero-order valence-corrected chi connectivity index (χ0v) is 16.0. The first-order chi connectivity index (χ1) is 13.3. The minimum atomic E-state index is -0.879. The maximum Gasteiger partial charge on any atom is 0.262 e. The average molecular weight is 375 g/mol. The number of hydrogen-bond donors (Lipinski definition) is 0.